The second-order valence-electron chi connectivity index (χ2n) is 10.7. The molecule has 1 saturated carbocycles. The van der Waals surface area contributed by atoms with Crippen molar-refractivity contribution in [2.24, 2.45) is 11.8 Å². The van der Waals surface area contributed by atoms with Crippen molar-refractivity contribution in [2.45, 2.75) is 12.2 Å². The van der Waals surface area contributed by atoms with E-state index in [2.05, 4.69) is 48.5 Å². The molecule has 1 aliphatic carbocycles. The Morgan fingerprint density at radius 1 is 0.571 bits per heavy atom. The van der Waals surface area contributed by atoms with Crippen LogP contribution in [0.4, 0.5) is 11.4 Å². The molecule has 4 aromatic rings. The van der Waals surface area contributed by atoms with E-state index in [-0.39, 0.29) is 65.4 Å². The molecule has 4 nitrogen and oxygen atoms in total. The summed E-state index contributed by atoms with van der Waals surface area (Å²) in [4.78, 5) is 4.08. The summed E-state index contributed by atoms with van der Waals surface area (Å²) in [5.74, 6) is -0.814. The third kappa shape index (κ3) is 7.77. The van der Waals surface area contributed by atoms with E-state index in [1.165, 1.54) is 0 Å². The molecular weight excluding hydrogens is 670 g/mol. The Morgan fingerprint density at radius 2 is 0.929 bits per heavy atom. The normalized spacial score (nSPS) is 20.0. The second-order valence-corrected chi connectivity index (χ2v) is 10.7. The van der Waals surface area contributed by atoms with E-state index in [9.17, 15) is 10.2 Å². The molecule has 42 heavy (non-hydrogen) atoms. The first-order valence-electron chi connectivity index (χ1n) is 13.6. The van der Waals surface area contributed by atoms with Crippen LogP contribution in [0.3, 0.4) is 0 Å². The third-order valence-corrected chi connectivity index (χ3v) is 7.67. The predicted octanol–water partition coefficient (Wildman–Crippen LogP) is 5.95. The summed E-state index contributed by atoms with van der Waals surface area (Å²) in [5, 5.41) is 22.7. The van der Waals surface area contributed by atoms with Crippen LogP contribution in [0.2, 0.25) is 0 Å². The average Bonchev–Trinajstić information content (AvgIpc) is 2.99. The SMILES string of the molecule is CN(C)c1c[c-]c(C(=CC2C(O)C(C=C(c3[c-]cc(N(C)C)cc3)c3ccccc3)C2O)c2ccccc2)cc1.[Y].[Y]. The molecular formula is C36H36N2O2Y2-2. The van der Waals surface area contributed by atoms with E-state index in [4.69, 9.17) is 0 Å². The van der Waals surface area contributed by atoms with Gasteiger partial charge >= 0.3 is 0 Å². The van der Waals surface area contributed by atoms with Crippen LogP contribution in [-0.2, 0) is 65.4 Å². The zero-order valence-electron chi connectivity index (χ0n) is 24.6. The number of aliphatic hydroxyl groups excluding tert-OH is 2. The number of benzene rings is 4. The summed E-state index contributed by atoms with van der Waals surface area (Å²) >= 11 is 0. The molecule has 0 aliphatic heterocycles. The summed E-state index contributed by atoms with van der Waals surface area (Å²) in [5.41, 5.74) is 7.93. The van der Waals surface area contributed by atoms with Crippen LogP contribution in [0.1, 0.15) is 22.3 Å². The van der Waals surface area contributed by atoms with Gasteiger partial charge in [-0.1, -0.05) is 82.9 Å². The minimum atomic E-state index is -0.727. The van der Waals surface area contributed by atoms with Crippen molar-refractivity contribution in [1.29, 1.82) is 0 Å². The van der Waals surface area contributed by atoms with Gasteiger partial charge in [-0.25, -0.2) is 0 Å². The maximum absolute atomic E-state index is 11.4. The van der Waals surface area contributed by atoms with E-state index in [0.29, 0.717) is 0 Å². The van der Waals surface area contributed by atoms with Gasteiger partial charge in [-0.05, 0) is 39.6 Å². The summed E-state index contributed by atoms with van der Waals surface area (Å²) in [6.07, 6.45) is 2.57. The molecule has 2 radical (unpaired) electrons. The molecule has 210 valence electrons. The first-order chi connectivity index (χ1) is 19.3. The van der Waals surface area contributed by atoms with Crippen LogP contribution in [0.25, 0.3) is 11.1 Å². The first-order valence-corrected chi connectivity index (χ1v) is 13.6. The van der Waals surface area contributed by atoms with Crippen molar-refractivity contribution in [3.8, 4) is 0 Å². The maximum atomic E-state index is 11.4. The Kier molecular flexibility index (Phi) is 12.9. The van der Waals surface area contributed by atoms with Gasteiger partial charge in [-0.2, -0.15) is 0 Å². The fourth-order valence-corrected chi connectivity index (χ4v) is 5.19. The van der Waals surface area contributed by atoms with E-state index >= 15 is 0 Å². The average molecular weight is 707 g/mol. The maximum Gasteiger partial charge on any atom is 0.0700 e. The Hall–Kier alpha value is -1.91. The first kappa shape index (κ1) is 34.6. The topological polar surface area (TPSA) is 46.9 Å². The predicted molar refractivity (Wildman–Crippen MR) is 165 cm³/mol. The fraction of sp³-hybridized carbons (Fsp3) is 0.222. The van der Waals surface area contributed by atoms with Gasteiger partial charge in [-0.15, -0.1) is 71.8 Å². The molecule has 0 heterocycles. The molecule has 1 aliphatic rings. The van der Waals surface area contributed by atoms with E-state index in [0.717, 1.165) is 44.8 Å². The molecule has 1 fully saturated rings. The van der Waals surface area contributed by atoms with Crippen LogP contribution in [0.5, 0.6) is 0 Å². The molecule has 0 spiro atoms. The number of hydrogen-bond donors (Lipinski definition) is 2. The Morgan fingerprint density at radius 3 is 1.21 bits per heavy atom. The zero-order valence-corrected chi connectivity index (χ0v) is 30.3. The molecule has 0 bridgehead atoms. The minimum absolute atomic E-state index is 0. The van der Waals surface area contributed by atoms with Crippen molar-refractivity contribution in [1.82, 2.24) is 0 Å². The van der Waals surface area contributed by atoms with Gasteiger partial charge in [0.2, 0.25) is 0 Å². The van der Waals surface area contributed by atoms with Crippen LogP contribution in [0.15, 0.2) is 109 Å². The summed E-state index contributed by atoms with van der Waals surface area (Å²) < 4.78 is 0. The van der Waals surface area contributed by atoms with Crippen LogP contribution >= 0.6 is 0 Å². The minimum Gasteiger partial charge on any atom is -0.416 e. The van der Waals surface area contributed by atoms with Gasteiger partial charge in [-0.3, -0.25) is 0 Å². The summed E-state index contributed by atoms with van der Waals surface area (Å²) in [7, 11) is 8.01. The van der Waals surface area contributed by atoms with Crippen LogP contribution in [0, 0.1) is 24.0 Å². The summed E-state index contributed by atoms with van der Waals surface area (Å²) in [6, 6.07) is 39.1. The third-order valence-electron chi connectivity index (χ3n) is 7.67. The largest absolute Gasteiger partial charge is 0.416 e. The number of rotatable bonds is 8. The molecule has 0 amide bonds. The Balaban J connectivity index is 0.00000242. The molecule has 2 N–H and O–H groups in total. The van der Waals surface area contributed by atoms with Gasteiger partial charge in [0, 0.05) is 77.3 Å². The monoisotopic (exact) mass is 706 g/mol. The van der Waals surface area contributed by atoms with Gasteiger partial charge in [0.15, 0.2) is 0 Å². The van der Waals surface area contributed by atoms with Gasteiger partial charge in [0.1, 0.15) is 0 Å². The standard InChI is InChI=1S/C36H36N2O2.2Y/c1-37(2)29-19-15-27(16-20-29)31(25-11-7-5-8-12-25)23-33-35(39)34(36(33)40)24-32(26-13-9-6-10-14-26)28-17-21-30(22-18-28)38(3)4;;/h5-15,17,19-24,33-36,39-40H,1-4H3;;/q-2;;. The molecule has 5 rings (SSSR count). The number of anilines is 2. The second kappa shape index (κ2) is 15.7. The molecule has 4 aromatic carbocycles. The smallest absolute Gasteiger partial charge is 0.0700 e. The van der Waals surface area contributed by atoms with Crippen molar-refractivity contribution < 1.29 is 75.6 Å². The number of nitrogens with zero attached hydrogens (tertiary/aromatic N) is 2. The van der Waals surface area contributed by atoms with Crippen molar-refractivity contribution >= 4 is 22.5 Å². The van der Waals surface area contributed by atoms with Crippen molar-refractivity contribution in [2.75, 3.05) is 38.0 Å². The Bertz CT molecular complexity index is 1350. The van der Waals surface area contributed by atoms with Gasteiger partial charge < -0.3 is 20.0 Å². The fourth-order valence-electron chi connectivity index (χ4n) is 5.19. The van der Waals surface area contributed by atoms with E-state index < -0.39 is 24.0 Å². The van der Waals surface area contributed by atoms with Gasteiger partial charge in [0.25, 0.3) is 0 Å². The number of hydrogen-bond acceptors (Lipinski definition) is 4. The number of aliphatic hydroxyl groups is 2. The van der Waals surface area contributed by atoms with Crippen molar-refractivity contribution in [3.63, 3.8) is 0 Å². The van der Waals surface area contributed by atoms with E-state index in [1.807, 2.05) is 111 Å². The molecule has 0 unspecified atom stereocenters. The summed E-state index contributed by atoms with van der Waals surface area (Å²) in [6.45, 7) is 0. The van der Waals surface area contributed by atoms with Crippen LogP contribution in [-0.4, -0.2) is 50.6 Å². The molecule has 0 saturated heterocycles. The van der Waals surface area contributed by atoms with Crippen LogP contribution < -0.4 is 9.80 Å². The van der Waals surface area contributed by atoms with Gasteiger partial charge in [0.05, 0.1) is 12.2 Å². The van der Waals surface area contributed by atoms with Crippen molar-refractivity contribution in [3.05, 3.63) is 144 Å². The molecule has 0 aromatic heterocycles. The molecule has 6 heteroatoms. The van der Waals surface area contributed by atoms with E-state index in [1.54, 1.807) is 0 Å². The zero-order chi connectivity index (χ0) is 28.2. The molecule has 0 atom stereocenters. The Labute approximate surface area is 300 Å². The quantitative estimate of drug-likeness (QED) is 0.223.